The lowest BCUT2D eigenvalue weighted by molar-refractivity contribution is -0.143. The highest BCUT2D eigenvalue weighted by atomic mass is 19.4. The summed E-state index contributed by atoms with van der Waals surface area (Å²) < 4.78 is 43.9. The van der Waals surface area contributed by atoms with Crippen molar-refractivity contribution in [2.24, 2.45) is 0 Å². The van der Waals surface area contributed by atoms with Gasteiger partial charge in [0.1, 0.15) is 5.75 Å². The lowest BCUT2D eigenvalue weighted by Crippen LogP contribution is -2.67. The average Bonchev–Trinajstić information content (AvgIpc) is 2.90. The van der Waals surface area contributed by atoms with Gasteiger partial charge in [0.2, 0.25) is 0 Å². The molecule has 1 amide bonds. The Hall–Kier alpha value is -3.28. The largest absolute Gasteiger partial charge is 0.497 e. The zero-order valence-corrected chi connectivity index (χ0v) is 21.7. The minimum Gasteiger partial charge on any atom is -0.497 e. The number of hydrogen-bond donors (Lipinski definition) is 1. The predicted octanol–water partition coefficient (Wildman–Crippen LogP) is 4.64. The van der Waals surface area contributed by atoms with Crippen molar-refractivity contribution in [3.8, 4) is 17.6 Å². The van der Waals surface area contributed by atoms with Crippen LogP contribution in [-0.2, 0) is 16.4 Å². The molecule has 5 nitrogen and oxygen atoms in total. The van der Waals surface area contributed by atoms with Gasteiger partial charge in [0, 0.05) is 43.1 Å². The lowest BCUT2D eigenvalue weighted by atomic mass is 9.55. The summed E-state index contributed by atoms with van der Waals surface area (Å²) in [6, 6.07) is 12.1. The van der Waals surface area contributed by atoms with Crippen molar-refractivity contribution in [3.63, 3.8) is 0 Å². The molecule has 1 saturated heterocycles. The van der Waals surface area contributed by atoms with Crippen LogP contribution < -0.4 is 4.74 Å². The van der Waals surface area contributed by atoms with Gasteiger partial charge in [-0.25, -0.2) is 0 Å². The Labute approximate surface area is 221 Å². The van der Waals surface area contributed by atoms with Gasteiger partial charge in [-0.1, -0.05) is 24.1 Å². The zero-order chi connectivity index (χ0) is 27.6. The number of methoxy groups -OCH3 is 1. The van der Waals surface area contributed by atoms with E-state index >= 15 is 0 Å². The molecule has 2 aromatic rings. The maximum absolute atomic E-state index is 13.0. The van der Waals surface area contributed by atoms with Crippen molar-refractivity contribution in [1.29, 1.82) is 0 Å². The van der Waals surface area contributed by atoms with E-state index < -0.39 is 28.7 Å². The van der Waals surface area contributed by atoms with Gasteiger partial charge in [-0.2, -0.15) is 13.2 Å². The molecule has 0 aromatic heterocycles. The highest BCUT2D eigenvalue weighted by Gasteiger charge is 2.58. The quantitative estimate of drug-likeness (QED) is 0.456. The number of ether oxygens (including phenoxy) is 1. The van der Waals surface area contributed by atoms with Crippen LogP contribution in [0, 0.1) is 11.8 Å². The van der Waals surface area contributed by atoms with Gasteiger partial charge >= 0.3 is 6.18 Å². The number of aliphatic hydroxyl groups is 1. The second-order valence-electron chi connectivity index (χ2n) is 10.3. The van der Waals surface area contributed by atoms with Gasteiger partial charge in [0.05, 0.1) is 18.3 Å². The molecule has 8 heteroatoms. The van der Waals surface area contributed by atoms with Gasteiger partial charge in [-0.3, -0.25) is 9.69 Å². The molecular weight excluding hydrogens is 493 g/mol. The number of carbonyl (C=O) groups excluding carboxylic acids is 1. The first kappa shape index (κ1) is 27.7. The monoisotopic (exact) mass is 526 g/mol. The molecule has 1 heterocycles. The maximum atomic E-state index is 13.0. The van der Waals surface area contributed by atoms with Crippen molar-refractivity contribution in [3.05, 3.63) is 77.9 Å². The number of hydrogen-bond acceptors (Lipinski definition) is 4. The first-order chi connectivity index (χ1) is 18.0. The van der Waals surface area contributed by atoms with Crippen molar-refractivity contribution in [2.45, 2.75) is 48.9 Å². The highest BCUT2D eigenvalue weighted by molar-refractivity contribution is 5.94. The number of nitrogens with zero attached hydrogens (tertiary/aromatic N) is 2. The summed E-state index contributed by atoms with van der Waals surface area (Å²) in [5.74, 6) is 5.57. The number of benzene rings is 2. The van der Waals surface area contributed by atoms with E-state index in [2.05, 4.69) is 23.3 Å². The molecule has 1 aliphatic carbocycles. The minimum atomic E-state index is -4.43. The van der Waals surface area contributed by atoms with Crippen molar-refractivity contribution < 1.29 is 27.8 Å². The Morgan fingerprint density at radius 1 is 1.26 bits per heavy atom. The molecule has 38 heavy (non-hydrogen) atoms. The molecule has 0 radical (unpaired) electrons. The van der Waals surface area contributed by atoms with E-state index in [1.165, 1.54) is 12.1 Å². The average molecular weight is 527 g/mol. The number of halogens is 3. The first-order valence-corrected chi connectivity index (χ1v) is 12.7. The fraction of sp³-hybridized carbons (Fsp3) is 0.433. The second kappa shape index (κ2) is 10.8. The van der Waals surface area contributed by atoms with E-state index in [-0.39, 0.29) is 6.04 Å². The Bertz CT molecular complexity index is 1230. The number of fused-ring (bicyclic) bond motifs is 1. The van der Waals surface area contributed by atoms with Crippen LogP contribution in [0.2, 0.25) is 0 Å². The third-order valence-corrected chi connectivity index (χ3v) is 8.11. The SMILES string of the molecule is C=CCN1CC[C@@]2(c3cccc(OC)c3)C[C@@H](N(C)C(=O)C#Cc3ccc(C(F)(F)F)cc3)CC[C@]2(O)C1. The zero-order valence-electron chi connectivity index (χ0n) is 21.7. The van der Waals surface area contributed by atoms with E-state index in [4.69, 9.17) is 4.74 Å². The van der Waals surface area contributed by atoms with Crippen molar-refractivity contribution in [1.82, 2.24) is 9.80 Å². The molecule has 0 unspecified atom stereocenters. The van der Waals surface area contributed by atoms with Gasteiger partial charge in [0.15, 0.2) is 0 Å². The Morgan fingerprint density at radius 2 is 2.00 bits per heavy atom. The number of carbonyl (C=O) groups is 1. The van der Waals surface area contributed by atoms with Gasteiger partial charge in [-0.05, 0) is 74.2 Å². The summed E-state index contributed by atoms with van der Waals surface area (Å²) in [5, 5.41) is 12.1. The van der Waals surface area contributed by atoms with Crippen LogP contribution in [0.1, 0.15) is 42.4 Å². The molecule has 0 bridgehead atoms. The summed E-state index contributed by atoms with van der Waals surface area (Å²) >= 11 is 0. The lowest BCUT2D eigenvalue weighted by Gasteiger charge is -2.58. The topological polar surface area (TPSA) is 53.0 Å². The third-order valence-electron chi connectivity index (χ3n) is 8.11. The van der Waals surface area contributed by atoms with Crippen LogP contribution in [-0.4, -0.2) is 66.2 Å². The highest BCUT2D eigenvalue weighted by Crippen LogP contribution is 2.52. The number of alkyl halides is 3. The number of likely N-dealkylation sites (tertiary alicyclic amines) is 1. The summed E-state index contributed by atoms with van der Waals surface area (Å²) in [4.78, 5) is 16.8. The second-order valence-corrected chi connectivity index (χ2v) is 10.3. The van der Waals surface area contributed by atoms with Crippen LogP contribution in [0.3, 0.4) is 0 Å². The van der Waals surface area contributed by atoms with Crippen LogP contribution in [0.25, 0.3) is 0 Å². The molecule has 0 spiro atoms. The van der Waals surface area contributed by atoms with Gasteiger partial charge in [-0.15, -0.1) is 6.58 Å². The summed E-state index contributed by atoms with van der Waals surface area (Å²) in [7, 11) is 3.31. The Balaban J connectivity index is 1.58. The standard InChI is InChI=1S/C30H33F3N2O3/c1-4-17-35-18-16-28(24-6-5-7-26(19-24)38-3)20-25(14-15-29(28,37)21-35)34(2)27(36)13-10-22-8-11-23(12-9-22)30(31,32)33/h4-9,11-12,19,25,37H,1,14-18,20-21H2,2-3H3/t25-,28-,29-/m0/s1. The van der Waals surface area contributed by atoms with Crippen LogP contribution >= 0.6 is 0 Å². The molecule has 1 aliphatic heterocycles. The number of piperidine rings is 1. The molecule has 2 fully saturated rings. The Morgan fingerprint density at radius 3 is 2.66 bits per heavy atom. The van der Waals surface area contributed by atoms with Crippen molar-refractivity contribution >= 4 is 5.91 Å². The van der Waals surface area contributed by atoms with Crippen molar-refractivity contribution in [2.75, 3.05) is 33.8 Å². The van der Waals surface area contributed by atoms with E-state index in [0.717, 1.165) is 24.2 Å². The fourth-order valence-corrected chi connectivity index (χ4v) is 5.94. The molecule has 4 rings (SSSR count). The molecule has 1 saturated carbocycles. The molecule has 2 aliphatic rings. The summed E-state index contributed by atoms with van der Waals surface area (Å²) in [5.41, 5.74) is -1.02. The molecular formula is C30H33F3N2O3. The van der Waals surface area contributed by atoms with E-state index in [0.29, 0.717) is 50.1 Å². The van der Waals surface area contributed by atoms with Crippen LogP contribution in [0.4, 0.5) is 13.2 Å². The first-order valence-electron chi connectivity index (χ1n) is 12.7. The van der Waals surface area contributed by atoms with E-state index in [1.807, 2.05) is 30.3 Å². The van der Waals surface area contributed by atoms with Gasteiger partial charge < -0.3 is 14.7 Å². The molecule has 1 N–H and O–H groups in total. The number of amides is 1. The normalized spacial score (nSPS) is 25.5. The van der Waals surface area contributed by atoms with E-state index in [1.54, 1.807) is 19.1 Å². The van der Waals surface area contributed by atoms with Crippen LogP contribution in [0.15, 0.2) is 61.2 Å². The predicted molar refractivity (Wildman–Crippen MR) is 140 cm³/mol. The van der Waals surface area contributed by atoms with Gasteiger partial charge in [0.25, 0.3) is 5.91 Å². The molecule has 202 valence electrons. The summed E-state index contributed by atoms with van der Waals surface area (Å²) in [6.07, 6.45) is -0.204. The number of β-amino-alcohol motifs (C(OH)–C–C–N with tert-alkyl or cyclic N) is 1. The summed E-state index contributed by atoms with van der Waals surface area (Å²) in [6.45, 7) is 5.82. The van der Waals surface area contributed by atoms with Crippen LogP contribution in [0.5, 0.6) is 5.75 Å². The molecule has 3 atom stereocenters. The smallest absolute Gasteiger partial charge is 0.416 e. The number of rotatable bonds is 5. The fourth-order valence-electron chi connectivity index (χ4n) is 5.94. The maximum Gasteiger partial charge on any atom is 0.416 e. The molecule has 2 aromatic carbocycles. The Kier molecular flexibility index (Phi) is 7.91. The third kappa shape index (κ3) is 5.45. The van der Waals surface area contributed by atoms with E-state index in [9.17, 15) is 23.1 Å². The minimum absolute atomic E-state index is 0.165.